The van der Waals surface area contributed by atoms with Gasteiger partial charge in [0.15, 0.2) is 16.4 Å². The van der Waals surface area contributed by atoms with Crippen LogP contribution in [-0.2, 0) is 27.8 Å². The number of hydrogen-bond acceptors (Lipinski definition) is 5. The van der Waals surface area contributed by atoms with E-state index in [0.29, 0.717) is 40.4 Å². The average Bonchev–Trinajstić information content (AvgIpc) is 2.87. The van der Waals surface area contributed by atoms with Crippen molar-refractivity contribution in [1.82, 2.24) is 0 Å². The number of fused-ring (bicyclic) bond motifs is 1. The predicted molar refractivity (Wildman–Crippen MR) is 143 cm³/mol. The molecule has 0 fully saturated rings. The third-order valence-corrected chi connectivity index (χ3v) is 8.33. The van der Waals surface area contributed by atoms with Gasteiger partial charge in [0.1, 0.15) is 0 Å². The summed E-state index contributed by atoms with van der Waals surface area (Å²) in [7, 11) is -1.20. The van der Waals surface area contributed by atoms with Gasteiger partial charge in [0.05, 0.1) is 26.5 Å². The first-order valence-corrected chi connectivity index (χ1v) is 13.1. The summed E-state index contributed by atoms with van der Waals surface area (Å²) >= 11 is 0. The molecule has 0 saturated carbocycles. The maximum atomic E-state index is 14.1. The highest BCUT2D eigenvalue weighted by molar-refractivity contribution is 7.97. The highest BCUT2D eigenvalue weighted by Gasteiger charge is 2.40. The van der Waals surface area contributed by atoms with Crippen LogP contribution in [0, 0.1) is 6.92 Å². The number of benzene rings is 3. The van der Waals surface area contributed by atoms with Crippen LogP contribution in [0.25, 0.3) is 5.57 Å². The van der Waals surface area contributed by atoms with Crippen LogP contribution < -0.4 is 19.1 Å². The first-order chi connectivity index (χ1) is 17.2. The molecule has 0 atom stereocenters. The normalized spacial score (nSPS) is 14.3. The Labute approximate surface area is 212 Å². The molecule has 7 nitrogen and oxygen atoms in total. The molecule has 0 radical (unpaired) electrons. The third kappa shape index (κ3) is 4.44. The molecule has 0 aromatic heterocycles. The van der Waals surface area contributed by atoms with Crippen molar-refractivity contribution in [1.29, 1.82) is 0 Å². The van der Waals surface area contributed by atoms with E-state index in [9.17, 15) is 13.2 Å². The van der Waals surface area contributed by atoms with E-state index < -0.39 is 15.9 Å². The van der Waals surface area contributed by atoms with Crippen molar-refractivity contribution in [2.45, 2.75) is 33.7 Å². The Hall–Kier alpha value is -3.78. The topological polar surface area (TPSA) is 84.9 Å². The van der Waals surface area contributed by atoms with Gasteiger partial charge in [-0.2, -0.15) is 0 Å². The number of para-hydroxylation sites is 1. The molecular weight excluding hydrogens is 476 g/mol. The Bertz CT molecular complexity index is 1450. The van der Waals surface area contributed by atoms with Gasteiger partial charge >= 0.3 is 0 Å². The van der Waals surface area contributed by atoms with Gasteiger partial charge < -0.3 is 14.8 Å². The van der Waals surface area contributed by atoms with Gasteiger partial charge in [0.2, 0.25) is 0 Å². The summed E-state index contributed by atoms with van der Waals surface area (Å²) in [4.78, 5) is 13.4. The van der Waals surface area contributed by atoms with Crippen molar-refractivity contribution in [3.63, 3.8) is 0 Å². The number of ether oxygens (including phenoxy) is 2. The molecule has 0 saturated heterocycles. The molecule has 3 aromatic rings. The second-order valence-electron chi connectivity index (χ2n) is 8.59. The Morgan fingerprint density at radius 1 is 0.944 bits per heavy atom. The summed E-state index contributed by atoms with van der Waals surface area (Å²) in [5.74, 6) is 0.175. The Morgan fingerprint density at radius 2 is 1.61 bits per heavy atom. The van der Waals surface area contributed by atoms with Crippen molar-refractivity contribution in [3.05, 3.63) is 87.8 Å². The SMILES string of the molecule is CCc1cccc(C)c1NC(=O)C1=C(C)c2cc(OC)c(OC)cc2N(Cc2ccccc2)S1(=O)=O. The molecule has 1 amide bonds. The molecule has 3 aromatic carbocycles. The number of sulfonamides is 1. The van der Waals surface area contributed by atoms with Gasteiger partial charge in [0, 0.05) is 17.3 Å². The first-order valence-electron chi connectivity index (χ1n) is 11.7. The lowest BCUT2D eigenvalue weighted by atomic mass is 10.0. The second-order valence-corrected chi connectivity index (χ2v) is 10.4. The van der Waals surface area contributed by atoms with Gasteiger partial charge in [-0.25, -0.2) is 8.42 Å². The summed E-state index contributed by atoms with van der Waals surface area (Å²) < 4.78 is 40.3. The molecule has 0 unspecified atom stereocenters. The van der Waals surface area contributed by atoms with Crippen LogP contribution in [-0.4, -0.2) is 28.5 Å². The van der Waals surface area contributed by atoms with E-state index in [4.69, 9.17) is 9.47 Å². The number of carbonyl (C=O) groups is 1. The fourth-order valence-corrected chi connectivity index (χ4v) is 6.24. The summed E-state index contributed by atoms with van der Waals surface area (Å²) in [6, 6.07) is 18.4. The van der Waals surface area contributed by atoms with Gasteiger partial charge in [-0.1, -0.05) is 55.5 Å². The minimum Gasteiger partial charge on any atom is -0.493 e. The maximum absolute atomic E-state index is 14.1. The largest absolute Gasteiger partial charge is 0.493 e. The average molecular weight is 507 g/mol. The summed E-state index contributed by atoms with van der Waals surface area (Å²) in [5.41, 5.74) is 4.57. The molecule has 1 aliphatic rings. The van der Waals surface area contributed by atoms with E-state index in [1.165, 1.54) is 18.5 Å². The third-order valence-electron chi connectivity index (χ3n) is 6.42. The van der Waals surface area contributed by atoms with Crippen LogP contribution in [0.4, 0.5) is 11.4 Å². The molecule has 4 rings (SSSR count). The molecule has 0 bridgehead atoms. The maximum Gasteiger partial charge on any atom is 0.270 e. The van der Waals surface area contributed by atoms with Crippen LogP contribution in [0.2, 0.25) is 0 Å². The molecule has 1 heterocycles. The molecular formula is C28H30N2O5S. The van der Waals surface area contributed by atoms with Gasteiger partial charge in [-0.3, -0.25) is 9.10 Å². The molecule has 8 heteroatoms. The van der Waals surface area contributed by atoms with Crippen LogP contribution in [0.5, 0.6) is 11.5 Å². The molecule has 36 heavy (non-hydrogen) atoms. The number of hydrogen-bond donors (Lipinski definition) is 1. The van der Waals surface area contributed by atoms with Gasteiger partial charge in [-0.05, 0) is 48.6 Å². The zero-order valence-electron chi connectivity index (χ0n) is 21.1. The number of methoxy groups -OCH3 is 2. The van der Waals surface area contributed by atoms with Gasteiger partial charge in [-0.15, -0.1) is 0 Å². The lowest BCUT2D eigenvalue weighted by Gasteiger charge is -2.33. The predicted octanol–water partition coefficient (Wildman–Crippen LogP) is 5.29. The highest BCUT2D eigenvalue weighted by Crippen LogP contribution is 2.45. The van der Waals surface area contributed by atoms with Crippen molar-refractivity contribution in [2.24, 2.45) is 0 Å². The fourth-order valence-electron chi connectivity index (χ4n) is 4.51. The van der Waals surface area contributed by atoms with E-state index in [0.717, 1.165) is 16.7 Å². The van der Waals surface area contributed by atoms with E-state index in [1.54, 1.807) is 19.1 Å². The van der Waals surface area contributed by atoms with Crippen molar-refractivity contribution >= 4 is 32.9 Å². The van der Waals surface area contributed by atoms with E-state index in [1.807, 2.05) is 62.4 Å². The van der Waals surface area contributed by atoms with Crippen molar-refractivity contribution in [2.75, 3.05) is 23.8 Å². The van der Waals surface area contributed by atoms with Crippen LogP contribution >= 0.6 is 0 Å². The smallest absolute Gasteiger partial charge is 0.270 e. The summed E-state index contributed by atoms with van der Waals surface area (Å²) in [6.07, 6.45) is 0.696. The minimum atomic E-state index is -4.22. The lowest BCUT2D eigenvalue weighted by molar-refractivity contribution is -0.112. The lowest BCUT2D eigenvalue weighted by Crippen LogP contribution is -2.39. The molecule has 1 N–H and O–H groups in total. The van der Waals surface area contributed by atoms with Crippen LogP contribution in [0.15, 0.2) is 65.6 Å². The number of allylic oxidation sites excluding steroid dienone is 1. The minimum absolute atomic E-state index is 0.0558. The zero-order chi connectivity index (χ0) is 26.0. The summed E-state index contributed by atoms with van der Waals surface area (Å²) in [5, 5.41) is 2.89. The number of amides is 1. The first kappa shape index (κ1) is 25.3. The number of carbonyl (C=O) groups excluding carboxylic acids is 1. The second kappa shape index (κ2) is 10.1. The van der Waals surface area contributed by atoms with Crippen molar-refractivity contribution < 1.29 is 22.7 Å². The molecule has 0 spiro atoms. The van der Waals surface area contributed by atoms with E-state index in [2.05, 4.69) is 5.32 Å². The number of rotatable bonds is 7. The van der Waals surface area contributed by atoms with E-state index >= 15 is 0 Å². The van der Waals surface area contributed by atoms with Crippen molar-refractivity contribution in [3.8, 4) is 11.5 Å². The Kier molecular flexibility index (Phi) is 7.08. The fraction of sp³-hybridized carbons (Fsp3) is 0.250. The zero-order valence-corrected chi connectivity index (χ0v) is 21.9. The van der Waals surface area contributed by atoms with Crippen LogP contribution in [0.3, 0.4) is 0 Å². The standard InChI is InChI=1S/C28H30N2O5S/c1-6-21-14-10-11-18(2)26(21)29-28(31)27-19(3)22-15-24(34-4)25(35-5)16-23(22)30(36(27,32)33)17-20-12-8-7-9-13-20/h7-16H,6,17H2,1-5H3,(H,29,31). The quantitative estimate of drug-likeness (QED) is 0.470. The Morgan fingerprint density at radius 3 is 2.25 bits per heavy atom. The van der Waals surface area contributed by atoms with Crippen LogP contribution in [0.1, 0.15) is 36.1 Å². The highest BCUT2D eigenvalue weighted by atomic mass is 32.2. The monoisotopic (exact) mass is 506 g/mol. The number of nitrogens with zero attached hydrogens (tertiary/aromatic N) is 1. The number of anilines is 2. The Balaban J connectivity index is 1.91. The summed E-state index contributed by atoms with van der Waals surface area (Å²) in [6.45, 7) is 5.58. The van der Waals surface area contributed by atoms with Gasteiger partial charge in [0.25, 0.3) is 15.9 Å². The molecule has 0 aliphatic carbocycles. The molecule has 1 aliphatic heterocycles. The number of nitrogens with one attached hydrogen (secondary N) is 1. The van der Waals surface area contributed by atoms with E-state index in [-0.39, 0.29) is 11.4 Å². The molecule has 188 valence electrons. The number of aryl methyl sites for hydroxylation is 2.